The van der Waals surface area contributed by atoms with Gasteiger partial charge >= 0.3 is 12.0 Å². The van der Waals surface area contributed by atoms with Crippen LogP contribution in [0.15, 0.2) is 12.1 Å². The highest BCUT2D eigenvalue weighted by molar-refractivity contribution is 5.85. The molecule has 0 bridgehead atoms. The predicted molar refractivity (Wildman–Crippen MR) is 68.5 cm³/mol. The van der Waals surface area contributed by atoms with E-state index in [0.717, 1.165) is 0 Å². The maximum absolute atomic E-state index is 13.9. The first-order chi connectivity index (χ1) is 9.51. The normalized spacial score (nSPS) is 21.9. The molecule has 1 fully saturated rings. The summed E-state index contributed by atoms with van der Waals surface area (Å²) in [6.07, 6.45) is -0.891. The Bertz CT molecular complexity index is 569. The van der Waals surface area contributed by atoms with E-state index in [9.17, 15) is 13.6 Å². The fraction of sp³-hybridized carbons (Fsp3) is 0.417. The minimum absolute atomic E-state index is 0. The molecule has 0 aliphatic carbocycles. The second-order valence-corrected chi connectivity index (χ2v) is 4.37. The lowest BCUT2D eigenvalue weighted by molar-refractivity contribution is -0.104. The standard InChI is InChI=1S/C12H11F2NO5.ClH/c1-17-7-2-6(3-8-9(7)20-5-19-8)10-12(13,14)4-18-11(16)15-10;/h2-3,10H,4-5H2,1H3,(H,15,16);1H/t10-;/m1./s1. The van der Waals surface area contributed by atoms with E-state index in [1.807, 2.05) is 0 Å². The third kappa shape index (κ3) is 2.63. The highest BCUT2D eigenvalue weighted by Crippen LogP contribution is 2.45. The number of fused-ring (bicyclic) bond motifs is 1. The van der Waals surface area contributed by atoms with Gasteiger partial charge in [0.1, 0.15) is 6.04 Å². The highest BCUT2D eigenvalue weighted by Gasteiger charge is 2.47. The molecule has 1 aromatic carbocycles. The van der Waals surface area contributed by atoms with Crippen LogP contribution in [0.5, 0.6) is 17.2 Å². The number of halogens is 3. The number of nitrogens with one attached hydrogen (secondary N) is 1. The number of ether oxygens (including phenoxy) is 4. The van der Waals surface area contributed by atoms with Gasteiger partial charge in [0.15, 0.2) is 18.1 Å². The Balaban J connectivity index is 0.00000161. The molecule has 6 nitrogen and oxygen atoms in total. The first kappa shape index (κ1) is 15.4. The first-order valence-electron chi connectivity index (χ1n) is 5.80. The Labute approximate surface area is 124 Å². The number of hydrogen-bond acceptors (Lipinski definition) is 5. The van der Waals surface area contributed by atoms with Gasteiger partial charge in [-0.25, -0.2) is 13.6 Å². The largest absolute Gasteiger partial charge is 0.493 e. The van der Waals surface area contributed by atoms with Crippen LogP contribution in [0.3, 0.4) is 0 Å². The summed E-state index contributed by atoms with van der Waals surface area (Å²) in [7, 11) is 1.39. The van der Waals surface area contributed by atoms with Gasteiger partial charge in [-0.15, -0.1) is 12.4 Å². The predicted octanol–water partition coefficient (Wildman–Crippen LogP) is 2.26. The number of carbonyl (C=O) groups excluding carboxylic acids is 1. The molecule has 0 spiro atoms. The lowest BCUT2D eigenvalue weighted by atomic mass is 9.99. The topological polar surface area (TPSA) is 66.0 Å². The minimum Gasteiger partial charge on any atom is -0.493 e. The van der Waals surface area contributed by atoms with E-state index < -0.39 is 24.7 Å². The van der Waals surface area contributed by atoms with Crippen molar-refractivity contribution in [3.05, 3.63) is 17.7 Å². The minimum atomic E-state index is -3.23. The van der Waals surface area contributed by atoms with E-state index in [4.69, 9.17) is 14.2 Å². The van der Waals surface area contributed by atoms with E-state index in [1.165, 1.54) is 19.2 Å². The summed E-state index contributed by atoms with van der Waals surface area (Å²) in [6.45, 7) is -0.980. The van der Waals surface area contributed by atoms with Crippen molar-refractivity contribution in [2.45, 2.75) is 12.0 Å². The molecule has 1 amide bonds. The summed E-state index contributed by atoms with van der Waals surface area (Å²) in [5.41, 5.74) is 0.160. The van der Waals surface area contributed by atoms with Crippen LogP contribution in [0.4, 0.5) is 13.6 Å². The number of benzene rings is 1. The third-order valence-corrected chi connectivity index (χ3v) is 3.09. The van der Waals surface area contributed by atoms with E-state index in [-0.39, 0.29) is 30.5 Å². The average molecular weight is 324 g/mol. The maximum Gasteiger partial charge on any atom is 0.408 e. The van der Waals surface area contributed by atoms with Gasteiger partial charge in [-0.2, -0.15) is 0 Å². The summed E-state index contributed by atoms with van der Waals surface area (Å²) in [5, 5.41) is 2.10. The van der Waals surface area contributed by atoms with Gasteiger partial charge in [-0.05, 0) is 17.7 Å². The Morgan fingerprint density at radius 1 is 1.33 bits per heavy atom. The highest BCUT2D eigenvalue weighted by atomic mass is 35.5. The molecule has 2 aliphatic heterocycles. The van der Waals surface area contributed by atoms with Gasteiger partial charge in [0.2, 0.25) is 12.5 Å². The van der Waals surface area contributed by atoms with Crippen molar-refractivity contribution in [1.29, 1.82) is 0 Å². The molecule has 1 N–H and O–H groups in total. The van der Waals surface area contributed by atoms with E-state index in [1.54, 1.807) is 0 Å². The van der Waals surface area contributed by atoms with Crippen molar-refractivity contribution < 1.29 is 32.5 Å². The number of hydrogen-bond donors (Lipinski definition) is 1. The van der Waals surface area contributed by atoms with Gasteiger partial charge in [0.25, 0.3) is 0 Å². The zero-order valence-corrected chi connectivity index (χ0v) is 11.7. The molecule has 1 saturated heterocycles. The van der Waals surface area contributed by atoms with E-state index in [2.05, 4.69) is 10.1 Å². The van der Waals surface area contributed by atoms with Crippen molar-refractivity contribution in [3.63, 3.8) is 0 Å². The quantitative estimate of drug-likeness (QED) is 0.904. The van der Waals surface area contributed by atoms with Crippen LogP contribution >= 0.6 is 12.4 Å². The van der Waals surface area contributed by atoms with Crippen molar-refractivity contribution in [3.8, 4) is 17.2 Å². The number of rotatable bonds is 2. The molecule has 1 atom stereocenters. The van der Waals surface area contributed by atoms with E-state index >= 15 is 0 Å². The molecule has 0 saturated carbocycles. The smallest absolute Gasteiger partial charge is 0.408 e. The summed E-state index contributed by atoms with van der Waals surface area (Å²) in [5.74, 6) is -2.30. The number of cyclic esters (lactones) is 1. The molecule has 9 heteroatoms. The maximum atomic E-state index is 13.9. The van der Waals surface area contributed by atoms with Crippen LogP contribution < -0.4 is 19.5 Å². The van der Waals surface area contributed by atoms with E-state index in [0.29, 0.717) is 11.5 Å². The third-order valence-electron chi connectivity index (χ3n) is 3.09. The van der Waals surface area contributed by atoms with Crippen molar-refractivity contribution in [1.82, 2.24) is 5.32 Å². The average Bonchev–Trinajstić information content (AvgIpc) is 2.88. The molecule has 0 radical (unpaired) electrons. The van der Waals surface area contributed by atoms with Gasteiger partial charge in [-0.3, -0.25) is 0 Å². The number of alkyl carbamates (subject to hydrolysis) is 1. The molecule has 3 rings (SSSR count). The lowest BCUT2D eigenvalue weighted by Crippen LogP contribution is -2.49. The molecule has 0 aromatic heterocycles. The fourth-order valence-electron chi connectivity index (χ4n) is 2.15. The number of methoxy groups -OCH3 is 1. The second-order valence-electron chi connectivity index (χ2n) is 4.37. The van der Waals surface area contributed by atoms with Crippen LogP contribution in [0, 0.1) is 0 Å². The number of amides is 1. The molecular weight excluding hydrogens is 312 g/mol. The zero-order chi connectivity index (χ0) is 14.3. The Morgan fingerprint density at radius 3 is 2.81 bits per heavy atom. The first-order valence-corrected chi connectivity index (χ1v) is 5.80. The molecule has 2 aliphatic rings. The van der Waals surface area contributed by atoms with Crippen molar-refractivity contribution in [2.75, 3.05) is 20.5 Å². The zero-order valence-electron chi connectivity index (χ0n) is 10.9. The molecular formula is C12H12ClF2NO5. The number of carbonyl (C=O) groups is 1. The SMILES string of the molecule is COc1cc([C@H]2NC(=O)OCC2(F)F)cc2c1OCO2.Cl. The van der Waals surface area contributed by atoms with Crippen LogP contribution in [0.25, 0.3) is 0 Å². The molecule has 1 aromatic rings. The Morgan fingerprint density at radius 2 is 2.10 bits per heavy atom. The molecule has 116 valence electrons. The summed E-state index contributed by atoms with van der Waals surface area (Å²) in [4.78, 5) is 11.2. The van der Waals surface area contributed by atoms with Crippen molar-refractivity contribution in [2.24, 2.45) is 0 Å². The van der Waals surface area contributed by atoms with Crippen LogP contribution in [-0.4, -0.2) is 32.5 Å². The van der Waals surface area contributed by atoms with Crippen molar-refractivity contribution >= 4 is 18.5 Å². The van der Waals surface area contributed by atoms with Gasteiger partial charge in [0.05, 0.1) is 7.11 Å². The Kier molecular flexibility index (Phi) is 3.99. The summed E-state index contributed by atoms with van der Waals surface area (Å²) >= 11 is 0. The van der Waals surface area contributed by atoms with Gasteiger partial charge < -0.3 is 24.3 Å². The fourth-order valence-corrected chi connectivity index (χ4v) is 2.15. The molecule has 2 heterocycles. The van der Waals surface area contributed by atoms with Crippen LogP contribution in [0.1, 0.15) is 11.6 Å². The second kappa shape index (κ2) is 5.44. The Hall–Kier alpha value is -1.96. The van der Waals surface area contributed by atoms with Gasteiger partial charge in [-0.1, -0.05) is 0 Å². The lowest BCUT2D eigenvalue weighted by Gasteiger charge is -2.32. The molecule has 0 unspecified atom stereocenters. The monoisotopic (exact) mass is 323 g/mol. The number of alkyl halides is 2. The molecule has 21 heavy (non-hydrogen) atoms. The summed E-state index contributed by atoms with van der Waals surface area (Å²) in [6, 6.07) is 1.28. The van der Waals surface area contributed by atoms with Crippen LogP contribution in [0.2, 0.25) is 0 Å². The summed E-state index contributed by atoms with van der Waals surface area (Å²) < 4.78 is 47.5. The van der Waals surface area contributed by atoms with Gasteiger partial charge in [0, 0.05) is 0 Å². The van der Waals surface area contributed by atoms with Crippen LogP contribution in [-0.2, 0) is 4.74 Å².